The highest BCUT2D eigenvalue weighted by atomic mass is 35.5. The number of hydrogen-bond acceptors (Lipinski definition) is 3. The van der Waals surface area contributed by atoms with Crippen molar-refractivity contribution in [2.75, 3.05) is 26.2 Å². The van der Waals surface area contributed by atoms with Crippen molar-refractivity contribution < 1.29 is 14.3 Å². The van der Waals surface area contributed by atoms with Gasteiger partial charge < -0.3 is 5.11 Å². The largest absolute Gasteiger partial charge is 0.480 e. The number of piperazine rings is 1. The molecule has 6 heteroatoms. The Balaban J connectivity index is 1.88. The third kappa shape index (κ3) is 3.69. The molecule has 0 bridgehead atoms. The lowest BCUT2D eigenvalue weighted by molar-refractivity contribution is -0.143. The predicted octanol–water partition coefficient (Wildman–Crippen LogP) is 2.07. The van der Waals surface area contributed by atoms with Crippen LogP contribution in [0.25, 0.3) is 0 Å². The Labute approximate surface area is 122 Å². The van der Waals surface area contributed by atoms with Gasteiger partial charge >= 0.3 is 5.97 Å². The normalized spacial score (nSPS) is 18.9. The fourth-order valence-corrected chi connectivity index (χ4v) is 2.56. The summed E-state index contributed by atoms with van der Waals surface area (Å²) >= 11 is 5.76. The van der Waals surface area contributed by atoms with Crippen molar-refractivity contribution in [1.82, 2.24) is 9.80 Å². The molecule has 0 amide bonds. The van der Waals surface area contributed by atoms with Crippen LogP contribution in [-0.2, 0) is 11.3 Å². The zero-order chi connectivity index (χ0) is 14.7. The first kappa shape index (κ1) is 15.2. The van der Waals surface area contributed by atoms with Crippen LogP contribution in [0.4, 0.5) is 4.39 Å². The van der Waals surface area contributed by atoms with E-state index in [-0.39, 0.29) is 5.02 Å². The van der Waals surface area contributed by atoms with E-state index in [1.54, 1.807) is 19.1 Å². The maximum absolute atomic E-state index is 13.1. The van der Waals surface area contributed by atoms with Crippen LogP contribution in [0.3, 0.4) is 0 Å². The summed E-state index contributed by atoms with van der Waals surface area (Å²) < 4.78 is 13.1. The smallest absolute Gasteiger partial charge is 0.320 e. The molecule has 0 aliphatic carbocycles. The summed E-state index contributed by atoms with van der Waals surface area (Å²) in [6.45, 7) is 5.46. The third-order valence-corrected chi connectivity index (χ3v) is 3.99. The van der Waals surface area contributed by atoms with Crippen LogP contribution in [0.5, 0.6) is 0 Å². The number of aliphatic carboxylic acids is 1. The van der Waals surface area contributed by atoms with Crippen molar-refractivity contribution in [3.8, 4) is 0 Å². The fraction of sp³-hybridized carbons (Fsp3) is 0.500. The van der Waals surface area contributed by atoms with Gasteiger partial charge in [0.05, 0.1) is 5.02 Å². The molecule has 1 aromatic rings. The Morgan fingerprint density at radius 2 is 2.05 bits per heavy atom. The average Bonchev–Trinajstić information content (AvgIpc) is 2.43. The Hall–Kier alpha value is -1.17. The summed E-state index contributed by atoms with van der Waals surface area (Å²) in [6, 6.07) is 4.30. The molecule has 1 heterocycles. The molecule has 1 saturated heterocycles. The zero-order valence-corrected chi connectivity index (χ0v) is 12.1. The highest BCUT2D eigenvalue weighted by molar-refractivity contribution is 6.30. The Morgan fingerprint density at radius 1 is 1.40 bits per heavy atom. The Kier molecular flexibility index (Phi) is 4.96. The van der Waals surface area contributed by atoms with Crippen LogP contribution in [0.2, 0.25) is 5.02 Å². The number of carboxylic acid groups (broad SMARTS) is 1. The highest BCUT2D eigenvalue weighted by Crippen LogP contribution is 2.18. The predicted molar refractivity (Wildman–Crippen MR) is 75.4 cm³/mol. The molecule has 0 radical (unpaired) electrons. The van der Waals surface area contributed by atoms with E-state index in [0.717, 1.165) is 31.7 Å². The summed E-state index contributed by atoms with van der Waals surface area (Å²) in [6.07, 6.45) is 0. The van der Waals surface area contributed by atoms with Crippen LogP contribution in [-0.4, -0.2) is 53.1 Å². The van der Waals surface area contributed by atoms with Crippen molar-refractivity contribution in [2.45, 2.75) is 19.5 Å². The van der Waals surface area contributed by atoms with E-state index in [0.29, 0.717) is 6.54 Å². The minimum absolute atomic E-state index is 0.139. The quantitative estimate of drug-likeness (QED) is 0.924. The second-order valence-electron chi connectivity index (χ2n) is 5.07. The van der Waals surface area contributed by atoms with Crippen LogP contribution in [0.15, 0.2) is 18.2 Å². The fourth-order valence-electron chi connectivity index (χ4n) is 2.36. The molecule has 1 aromatic carbocycles. The van der Waals surface area contributed by atoms with Gasteiger partial charge in [0.1, 0.15) is 11.9 Å². The number of benzene rings is 1. The number of carbonyl (C=O) groups is 1. The Morgan fingerprint density at radius 3 is 2.60 bits per heavy atom. The summed E-state index contributed by atoms with van der Waals surface area (Å²) in [7, 11) is 0. The van der Waals surface area contributed by atoms with Crippen molar-refractivity contribution in [2.24, 2.45) is 0 Å². The van der Waals surface area contributed by atoms with Gasteiger partial charge in [0.15, 0.2) is 0 Å². The van der Waals surface area contributed by atoms with Gasteiger partial charge in [-0.2, -0.15) is 0 Å². The molecule has 1 aliphatic heterocycles. The van der Waals surface area contributed by atoms with Crippen molar-refractivity contribution in [3.05, 3.63) is 34.6 Å². The molecule has 1 aliphatic rings. The summed E-state index contributed by atoms with van der Waals surface area (Å²) in [5.74, 6) is -1.20. The van der Waals surface area contributed by atoms with E-state index in [4.69, 9.17) is 16.7 Å². The number of carboxylic acids is 1. The summed E-state index contributed by atoms with van der Waals surface area (Å²) in [5, 5.41) is 9.13. The maximum atomic E-state index is 13.1. The van der Waals surface area contributed by atoms with Crippen LogP contribution in [0.1, 0.15) is 12.5 Å². The molecule has 20 heavy (non-hydrogen) atoms. The first-order valence-corrected chi connectivity index (χ1v) is 6.98. The van der Waals surface area contributed by atoms with E-state index in [1.807, 2.05) is 4.90 Å². The number of rotatable bonds is 4. The van der Waals surface area contributed by atoms with Crippen LogP contribution in [0, 0.1) is 5.82 Å². The van der Waals surface area contributed by atoms with Gasteiger partial charge in [-0.15, -0.1) is 0 Å². The monoisotopic (exact) mass is 300 g/mol. The lowest BCUT2D eigenvalue weighted by atomic mass is 10.1. The SMILES string of the molecule is CC(C(=O)O)N1CCN(Cc2ccc(F)c(Cl)c2)CC1. The van der Waals surface area contributed by atoms with Gasteiger partial charge in [0.2, 0.25) is 0 Å². The molecule has 1 fully saturated rings. The molecule has 2 rings (SSSR count). The van der Waals surface area contributed by atoms with Gasteiger partial charge in [0, 0.05) is 32.7 Å². The molecular weight excluding hydrogens is 283 g/mol. The average molecular weight is 301 g/mol. The van der Waals surface area contributed by atoms with Crippen LogP contribution >= 0.6 is 11.6 Å². The van der Waals surface area contributed by atoms with Gasteiger partial charge in [-0.3, -0.25) is 14.6 Å². The number of halogens is 2. The zero-order valence-electron chi connectivity index (χ0n) is 11.4. The Bertz CT molecular complexity index is 490. The molecule has 1 atom stereocenters. The molecule has 1 N–H and O–H groups in total. The molecular formula is C14H18ClFN2O2. The van der Waals surface area contributed by atoms with Crippen molar-refractivity contribution in [3.63, 3.8) is 0 Å². The molecule has 0 spiro atoms. The lowest BCUT2D eigenvalue weighted by Gasteiger charge is -2.36. The van der Waals surface area contributed by atoms with Crippen LogP contribution < -0.4 is 0 Å². The summed E-state index contributed by atoms with van der Waals surface area (Å²) in [4.78, 5) is 15.1. The molecule has 4 nitrogen and oxygen atoms in total. The van der Waals surface area contributed by atoms with E-state index in [2.05, 4.69) is 4.90 Å². The minimum atomic E-state index is -0.788. The first-order chi connectivity index (χ1) is 9.47. The molecule has 0 aromatic heterocycles. The second-order valence-corrected chi connectivity index (χ2v) is 5.48. The van der Waals surface area contributed by atoms with Gasteiger partial charge in [-0.05, 0) is 24.6 Å². The number of nitrogens with zero attached hydrogens (tertiary/aromatic N) is 2. The topological polar surface area (TPSA) is 43.8 Å². The minimum Gasteiger partial charge on any atom is -0.480 e. The summed E-state index contributed by atoms with van der Waals surface area (Å²) in [5.41, 5.74) is 0.969. The van der Waals surface area contributed by atoms with Gasteiger partial charge in [0.25, 0.3) is 0 Å². The molecule has 0 saturated carbocycles. The van der Waals surface area contributed by atoms with E-state index >= 15 is 0 Å². The second kappa shape index (κ2) is 6.52. The molecule has 110 valence electrons. The van der Waals surface area contributed by atoms with E-state index in [9.17, 15) is 9.18 Å². The standard InChI is InChI=1S/C14H18ClFN2O2/c1-10(14(19)20)18-6-4-17(5-7-18)9-11-2-3-13(16)12(15)8-11/h2-3,8,10H,4-7,9H2,1H3,(H,19,20). The van der Waals surface area contributed by atoms with E-state index in [1.165, 1.54) is 6.07 Å². The van der Waals surface area contributed by atoms with E-state index < -0.39 is 17.8 Å². The molecule has 1 unspecified atom stereocenters. The number of hydrogen-bond donors (Lipinski definition) is 1. The van der Waals surface area contributed by atoms with Crippen molar-refractivity contribution in [1.29, 1.82) is 0 Å². The van der Waals surface area contributed by atoms with Crippen molar-refractivity contribution >= 4 is 17.6 Å². The third-order valence-electron chi connectivity index (χ3n) is 3.70. The first-order valence-electron chi connectivity index (χ1n) is 6.60. The maximum Gasteiger partial charge on any atom is 0.320 e. The lowest BCUT2D eigenvalue weighted by Crippen LogP contribution is -2.51. The highest BCUT2D eigenvalue weighted by Gasteiger charge is 2.25. The van der Waals surface area contributed by atoms with Gasteiger partial charge in [-0.25, -0.2) is 4.39 Å². The van der Waals surface area contributed by atoms with Gasteiger partial charge in [-0.1, -0.05) is 17.7 Å².